The van der Waals surface area contributed by atoms with Gasteiger partial charge in [-0.2, -0.15) is 0 Å². The number of carbonyl (C=O) groups is 1. The zero-order valence-corrected chi connectivity index (χ0v) is 14.6. The Labute approximate surface area is 136 Å². The maximum atomic E-state index is 12.3. The molecule has 0 saturated carbocycles. The van der Waals surface area contributed by atoms with Crippen LogP contribution in [0.15, 0.2) is 0 Å². The summed E-state index contributed by atoms with van der Waals surface area (Å²) in [7, 11) is -3.17. The average molecular weight is 341 g/mol. The molecule has 128 valence electrons. The van der Waals surface area contributed by atoms with E-state index in [0.29, 0.717) is 44.3 Å². The number of rotatable bonds is 4. The van der Waals surface area contributed by atoms with Gasteiger partial charge in [-0.25, -0.2) is 12.7 Å². The number of nitrogens with one attached hydrogen (secondary N) is 1. The topological polar surface area (TPSA) is 97.2 Å². The highest BCUT2D eigenvalue weighted by Crippen LogP contribution is 2.41. The summed E-state index contributed by atoms with van der Waals surface area (Å²) in [5, 5.41) is 11.0. The Morgan fingerprint density at radius 3 is 2.70 bits per heavy atom. The summed E-state index contributed by atoms with van der Waals surface area (Å²) in [5.74, 6) is 1.25. The molecule has 0 aromatic carbocycles. The van der Waals surface area contributed by atoms with Gasteiger partial charge in [0.1, 0.15) is 5.82 Å². The zero-order valence-electron chi connectivity index (χ0n) is 13.7. The van der Waals surface area contributed by atoms with Crippen LogP contribution in [0.1, 0.15) is 36.7 Å². The van der Waals surface area contributed by atoms with E-state index in [1.807, 2.05) is 18.4 Å². The maximum Gasteiger partial charge on any atom is 0.289 e. The van der Waals surface area contributed by atoms with E-state index in [4.69, 9.17) is 0 Å². The van der Waals surface area contributed by atoms with Crippen LogP contribution in [-0.4, -0.2) is 59.3 Å². The van der Waals surface area contributed by atoms with Gasteiger partial charge in [0.05, 0.1) is 6.26 Å². The van der Waals surface area contributed by atoms with Crippen LogP contribution in [0.2, 0.25) is 0 Å². The molecule has 1 fully saturated rings. The van der Waals surface area contributed by atoms with Crippen LogP contribution in [0.3, 0.4) is 0 Å². The summed E-state index contributed by atoms with van der Waals surface area (Å²) >= 11 is 0. The van der Waals surface area contributed by atoms with Crippen molar-refractivity contribution < 1.29 is 13.2 Å². The number of sulfonamides is 1. The van der Waals surface area contributed by atoms with E-state index in [9.17, 15) is 13.2 Å². The summed E-state index contributed by atoms with van der Waals surface area (Å²) in [6.45, 7) is 6.28. The van der Waals surface area contributed by atoms with Crippen LogP contribution in [-0.2, 0) is 23.0 Å². The molecule has 0 radical (unpaired) electrons. The van der Waals surface area contributed by atoms with Gasteiger partial charge in [-0.1, -0.05) is 13.8 Å². The van der Waals surface area contributed by atoms with Gasteiger partial charge in [-0.15, -0.1) is 10.2 Å². The first-order chi connectivity index (χ1) is 10.7. The molecule has 2 aliphatic rings. The Morgan fingerprint density at radius 1 is 1.35 bits per heavy atom. The number of nitrogens with zero attached hydrogens (tertiary/aromatic N) is 4. The summed E-state index contributed by atoms with van der Waals surface area (Å²) in [5.41, 5.74) is -0.151. The standard InChI is InChI=1S/C14H23N5O3S/c1-10(2)7-15-13(20)12-17-16-11-6-14(9-19(11)12)4-5-18(8-14)23(3,21)22/h10H,4-9H2,1-3H3,(H,15,20)/t14-/m0/s1. The zero-order chi connectivity index (χ0) is 16.8. The molecule has 2 aliphatic heterocycles. The Kier molecular flexibility index (Phi) is 3.96. The van der Waals surface area contributed by atoms with Crippen molar-refractivity contribution >= 4 is 15.9 Å². The second-order valence-corrected chi connectivity index (χ2v) is 9.14. The first-order valence-electron chi connectivity index (χ1n) is 7.86. The fraction of sp³-hybridized carbons (Fsp3) is 0.786. The first-order valence-corrected chi connectivity index (χ1v) is 9.70. The molecule has 0 unspecified atom stereocenters. The van der Waals surface area contributed by atoms with E-state index in [2.05, 4.69) is 15.5 Å². The molecule has 0 bridgehead atoms. The smallest absolute Gasteiger partial charge is 0.289 e. The molecule has 3 heterocycles. The number of hydrogen-bond donors (Lipinski definition) is 1. The molecular formula is C14H23N5O3S. The van der Waals surface area contributed by atoms with Crippen molar-refractivity contribution in [2.45, 2.75) is 33.2 Å². The molecule has 9 heteroatoms. The SMILES string of the molecule is CC(C)CNC(=O)c1nnc2n1C[C@@]1(CCN(S(C)(=O)=O)C1)C2. The minimum absolute atomic E-state index is 0.151. The van der Waals surface area contributed by atoms with Crippen LogP contribution >= 0.6 is 0 Å². The van der Waals surface area contributed by atoms with Crippen molar-refractivity contribution in [2.75, 3.05) is 25.9 Å². The van der Waals surface area contributed by atoms with Crippen LogP contribution < -0.4 is 5.32 Å². The predicted molar refractivity (Wildman–Crippen MR) is 84.4 cm³/mol. The van der Waals surface area contributed by atoms with Crippen LogP contribution in [0.4, 0.5) is 0 Å². The quantitative estimate of drug-likeness (QED) is 0.823. The Balaban J connectivity index is 1.74. The van der Waals surface area contributed by atoms with E-state index in [-0.39, 0.29) is 11.3 Å². The monoisotopic (exact) mass is 341 g/mol. The minimum Gasteiger partial charge on any atom is -0.349 e. The van der Waals surface area contributed by atoms with Gasteiger partial charge in [-0.3, -0.25) is 4.79 Å². The van der Waals surface area contributed by atoms with E-state index in [1.54, 1.807) is 0 Å². The van der Waals surface area contributed by atoms with Gasteiger partial charge in [0, 0.05) is 38.0 Å². The van der Waals surface area contributed by atoms with E-state index < -0.39 is 10.0 Å². The third-order valence-corrected chi connectivity index (χ3v) is 5.85. The molecule has 1 spiro atoms. The third kappa shape index (κ3) is 3.12. The van der Waals surface area contributed by atoms with Crippen molar-refractivity contribution in [2.24, 2.45) is 11.3 Å². The molecule has 1 aromatic rings. The lowest BCUT2D eigenvalue weighted by Gasteiger charge is -2.22. The fourth-order valence-corrected chi connectivity index (χ4v) is 4.28. The molecule has 1 amide bonds. The van der Waals surface area contributed by atoms with E-state index in [0.717, 1.165) is 12.2 Å². The maximum absolute atomic E-state index is 12.3. The highest BCUT2D eigenvalue weighted by atomic mass is 32.2. The molecule has 1 aromatic heterocycles. The van der Waals surface area contributed by atoms with Gasteiger partial charge < -0.3 is 9.88 Å². The van der Waals surface area contributed by atoms with Crippen molar-refractivity contribution in [1.82, 2.24) is 24.4 Å². The lowest BCUT2D eigenvalue weighted by atomic mass is 9.86. The van der Waals surface area contributed by atoms with Gasteiger partial charge in [0.25, 0.3) is 5.91 Å². The molecule has 23 heavy (non-hydrogen) atoms. The van der Waals surface area contributed by atoms with Crippen molar-refractivity contribution in [1.29, 1.82) is 0 Å². The molecule has 3 rings (SSSR count). The van der Waals surface area contributed by atoms with Gasteiger partial charge >= 0.3 is 0 Å². The number of fused-ring (bicyclic) bond motifs is 1. The van der Waals surface area contributed by atoms with Gasteiger partial charge in [0.2, 0.25) is 15.8 Å². The van der Waals surface area contributed by atoms with Crippen molar-refractivity contribution in [3.8, 4) is 0 Å². The third-order valence-electron chi connectivity index (χ3n) is 4.60. The Hall–Kier alpha value is -1.48. The molecule has 0 aliphatic carbocycles. The number of carbonyl (C=O) groups excluding carboxylic acids is 1. The van der Waals surface area contributed by atoms with Gasteiger partial charge in [-0.05, 0) is 12.3 Å². The van der Waals surface area contributed by atoms with Crippen molar-refractivity contribution in [3.05, 3.63) is 11.6 Å². The van der Waals surface area contributed by atoms with Crippen LogP contribution in [0, 0.1) is 11.3 Å². The molecule has 8 nitrogen and oxygen atoms in total. The van der Waals surface area contributed by atoms with Crippen LogP contribution in [0.25, 0.3) is 0 Å². The van der Waals surface area contributed by atoms with E-state index in [1.165, 1.54) is 10.6 Å². The fourth-order valence-electron chi connectivity index (χ4n) is 3.35. The summed E-state index contributed by atoms with van der Waals surface area (Å²) in [4.78, 5) is 12.3. The molecule has 1 N–H and O–H groups in total. The minimum atomic E-state index is -3.17. The largest absolute Gasteiger partial charge is 0.349 e. The number of aromatic nitrogens is 3. The first kappa shape index (κ1) is 16.4. The summed E-state index contributed by atoms with van der Waals surface area (Å²) in [6, 6.07) is 0. The lowest BCUT2D eigenvalue weighted by Crippen LogP contribution is -2.33. The highest BCUT2D eigenvalue weighted by Gasteiger charge is 2.47. The lowest BCUT2D eigenvalue weighted by molar-refractivity contribution is 0.0932. The molecule has 1 saturated heterocycles. The Bertz CT molecular complexity index is 727. The summed E-state index contributed by atoms with van der Waals surface area (Å²) < 4.78 is 26.8. The molecule has 1 atom stereocenters. The summed E-state index contributed by atoms with van der Waals surface area (Å²) in [6.07, 6.45) is 2.70. The van der Waals surface area contributed by atoms with E-state index >= 15 is 0 Å². The Morgan fingerprint density at radius 2 is 2.09 bits per heavy atom. The highest BCUT2D eigenvalue weighted by molar-refractivity contribution is 7.88. The second-order valence-electron chi connectivity index (χ2n) is 7.15. The normalized spacial score (nSPS) is 24.5. The predicted octanol–water partition coefficient (Wildman–Crippen LogP) is -0.128. The van der Waals surface area contributed by atoms with Gasteiger partial charge in [0.15, 0.2) is 0 Å². The van der Waals surface area contributed by atoms with Crippen molar-refractivity contribution in [3.63, 3.8) is 0 Å². The number of amides is 1. The van der Waals surface area contributed by atoms with Crippen LogP contribution in [0.5, 0.6) is 0 Å². The number of hydrogen-bond acceptors (Lipinski definition) is 5. The molecular weight excluding hydrogens is 318 g/mol. The second kappa shape index (κ2) is 5.55. The average Bonchev–Trinajstić information content (AvgIpc) is 3.10.